The van der Waals surface area contributed by atoms with E-state index >= 15 is 0 Å². The van der Waals surface area contributed by atoms with Gasteiger partial charge in [0.1, 0.15) is 5.71 Å². The average molecular weight is 223 g/mol. The second kappa shape index (κ2) is 3.96. The normalized spacial score (nSPS) is 12.6. The highest BCUT2D eigenvalue weighted by Crippen LogP contribution is 2.17. The van der Waals surface area contributed by atoms with Gasteiger partial charge in [-0.05, 0) is 22.9 Å². The zero-order valence-electron chi connectivity index (χ0n) is 8.60. The van der Waals surface area contributed by atoms with Crippen molar-refractivity contribution in [1.29, 1.82) is 0 Å². The Bertz CT molecular complexity index is 597. The van der Waals surface area contributed by atoms with Gasteiger partial charge in [-0.3, -0.25) is 4.99 Å². The molecule has 0 N–H and O–H groups in total. The van der Waals surface area contributed by atoms with Crippen LogP contribution >= 0.6 is 11.3 Å². The van der Waals surface area contributed by atoms with Crippen LogP contribution in [0.25, 0.3) is 0 Å². The highest BCUT2D eigenvalue weighted by atomic mass is 32.1. The van der Waals surface area contributed by atoms with E-state index < -0.39 is 0 Å². The molecule has 3 rings (SSSR count). The van der Waals surface area contributed by atoms with Crippen LogP contribution in [-0.4, -0.2) is 5.71 Å². The van der Waals surface area contributed by atoms with E-state index in [0.29, 0.717) is 0 Å². The maximum atomic E-state index is 4.45. The van der Waals surface area contributed by atoms with Gasteiger partial charge in [0.2, 0.25) is 0 Å². The van der Waals surface area contributed by atoms with E-state index in [4.69, 9.17) is 0 Å². The fourth-order valence-corrected chi connectivity index (χ4v) is 2.30. The van der Waals surface area contributed by atoms with E-state index in [-0.39, 0.29) is 0 Å². The largest absolute Gasteiger partial charge is 0.271 e. The minimum absolute atomic E-state index is 0.768. The summed E-state index contributed by atoms with van der Waals surface area (Å²) in [5, 5.41) is 4.09. The van der Waals surface area contributed by atoms with E-state index in [1.54, 1.807) is 11.3 Å². The smallest absolute Gasteiger partial charge is 0.115 e. The van der Waals surface area contributed by atoms with Gasteiger partial charge in [-0.15, -0.1) is 0 Å². The molecule has 76 valence electrons. The Morgan fingerprint density at radius 2 is 2.06 bits per heavy atom. The molecule has 1 aromatic carbocycles. The predicted octanol–water partition coefficient (Wildman–Crippen LogP) is 3.10. The van der Waals surface area contributed by atoms with Crippen molar-refractivity contribution in [3.8, 4) is 11.8 Å². The average Bonchev–Trinajstić information content (AvgIpc) is 2.96. The van der Waals surface area contributed by atoms with Crippen LogP contribution in [0.4, 0.5) is 0 Å². The zero-order chi connectivity index (χ0) is 10.8. The summed E-state index contributed by atoms with van der Waals surface area (Å²) in [7, 11) is 0. The lowest BCUT2D eigenvalue weighted by atomic mass is 10.1. The monoisotopic (exact) mass is 223 g/mol. The summed E-state index contributed by atoms with van der Waals surface area (Å²) in [6, 6.07) is 10.3. The molecule has 1 nitrogen and oxygen atoms in total. The molecule has 0 fully saturated rings. The molecule has 0 bridgehead atoms. The quantitative estimate of drug-likeness (QED) is 0.608. The molecule has 0 amide bonds. The Hall–Kier alpha value is -1.85. The molecule has 2 heterocycles. The van der Waals surface area contributed by atoms with Gasteiger partial charge in [-0.25, -0.2) is 0 Å². The lowest BCUT2D eigenvalue weighted by molar-refractivity contribution is 1.11. The Labute approximate surface area is 98.5 Å². The summed E-state index contributed by atoms with van der Waals surface area (Å²) < 4.78 is 0. The second-order valence-corrected chi connectivity index (χ2v) is 4.36. The Kier molecular flexibility index (Phi) is 2.32. The summed E-state index contributed by atoms with van der Waals surface area (Å²) in [5.74, 6) is 6.28. The van der Waals surface area contributed by atoms with Gasteiger partial charge in [0.05, 0.1) is 6.54 Å². The van der Waals surface area contributed by atoms with Crippen LogP contribution in [0.2, 0.25) is 0 Å². The molecular formula is C14H9NS. The topological polar surface area (TPSA) is 12.4 Å². The van der Waals surface area contributed by atoms with Gasteiger partial charge >= 0.3 is 0 Å². The summed E-state index contributed by atoms with van der Waals surface area (Å²) >= 11 is 1.67. The SMILES string of the molecule is C(#Cc1ccsc1)C1=NCc2ccccc21. The molecular weight excluding hydrogens is 214 g/mol. The third-order valence-corrected chi connectivity index (χ3v) is 3.21. The van der Waals surface area contributed by atoms with Crippen molar-refractivity contribution in [1.82, 2.24) is 0 Å². The standard InChI is InChI=1S/C14H9NS/c1-2-4-13-12(3-1)9-15-14(13)6-5-11-7-8-16-10-11/h1-4,7-8,10H,9H2. The minimum atomic E-state index is 0.768. The van der Waals surface area contributed by atoms with Gasteiger partial charge < -0.3 is 0 Å². The maximum absolute atomic E-state index is 4.45. The van der Waals surface area contributed by atoms with Gasteiger partial charge in [0, 0.05) is 16.5 Å². The molecule has 2 aromatic rings. The summed E-state index contributed by atoms with van der Waals surface area (Å²) in [5.41, 5.74) is 4.45. The van der Waals surface area contributed by atoms with Gasteiger partial charge in [-0.1, -0.05) is 30.2 Å². The second-order valence-electron chi connectivity index (χ2n) is 3.58. The molecule has 2 heteroatoms. The van der Waals surface area contributed by atoms with E-state index in [1.807, 2.05) is 23.6 Å². The van der Waals surface area contributed by atoms with Crippen LogP contribution in [0.15, 0.2) is 46.1 Å². The van der Waals surface area contributed by atoms with E-state index in [1.165, 1.54) is 11.1 Å². The maximum Gasteiger partial charge on any atom is 0.115 e. The third kappa shape index (κ3) is 1.66. The van der Waals surface area contributed by atoms with Crippen molar-refractivity contribution in [2.75, 3.05) is 0 Å². The van der Waals surface area contributed by atoms with E-state index in [0.717, 1.165) is 17.8 Å². The molecule has 16 heavy (non-hydrogen) atoms. The molecule has 0 saturated heterocycles. The molecule has 0 spiro atoms. The highest BCUT2D eigenvalue weighted by Gasteiger charge is 2.12. The number of hydrogen-bond acceptors (Lipinski definition) is 2. The molecule has 1 aliphatic heterocycles. The lowest BCUT2D eigenvalue weighted by Gasteiger charge is -1.95. The summed E-state index contributed by atoms with van der Waals surface area (Å²) in [6.07, 6.45) is 0. The number of rotatable bonds is 0. The van der Waals surface area contributed by atoms with E-state index in [9.17, 15) is 0 Å². The van der Waals surface area contributed by atoms with Crippen LogP contribution in [-0.2, 0) is 6.54 Å². The molecule has 1 aromatic heterocycles. The van der Waals surface area contributed by atoms with Crippen molar-refractivity contribution in [3.63, 3.8) is 0 Å². The number of benzene rings is 1. The lowest BCUT2D eigenvalue weighted by Crippen LogP contribution is -1.93. The number of nitrogens with zero attached hydrogens (tertiary/aromatic N) is 1. The van der Waals surface area contributed by atoms with Crippen LogP contribution in [0, 0.1) is 11.8 Å². The van der Waals surface area contributed by atoms with Gasteiger partial charge in [-0.2, -0.15) is 11.3 Å². The summed E-state index contributed by atoms with van der Waals surface area (Å²) in [6.45, 7) is 0.768. The molecule has 0 saturated carbocycles. The number of aliphatic imine (C=N–C) groups is 1. The first-order valence-corrected chi connectivity index (χ1v) is 6.05. The van der Waals surface area contributed by atoms with Crippen molar-refractivity contribution in [2.24, 2.45) is 4.99 Å². The number of hydrogen-bond donors (Lipinski definition) is 0. The fraction of sp³-hybridized carbons (Fsp3) is 0.0714. The molecule has 1 aliphatic rings. The van der Waals surface area contributed by atoms with Gasteiger partial charge in [0.15, 0.2) is 0 Å². The van der Waals surface area contributed by atoms with Crippen molar-refractivity contribution < 1.29 is 0 Å². The van der Waals surface area contributed by atoms with Crippen LogP contribution in [0.5, 0.6) is 0 Å². The Morgan fingerprint density at radius 3 is 2.94 bits per heavy atom. The van der Waals surface area contributed by atoms with E-state index in [2.05, 4.69) is 34.3 Å². The zero-order valence-corrected chi connectivity index (χ0v) is 9.42. The minimum Gasteiger partial charge on any atom is -0.271 e. The van der Waals surface area contributed by atoms with Crippen molar-refractivity contribution >= 4 is 17.0 Å². The van der Waals surface area contributed by atoms with Crippen LogP contribution in [0.1, 0.15) is 16.7 Å². The van der Waals surface area contributed by atoms with Crippen molar-refractivity contribution in [2.45, 2.75) is 6.54 Å². The van der Waals surface area contributed by atoms with Crippen LogP contribution < -0.4 is 0 Å². The molecule has 0 aliphatic carbocycles. The molecule has 0 unspecified atom stereocenters. The first-order chi connectivity index (χ1) is 7.93. The Balaban J connectivity index is 1.94. The first kappa shape index (κ1) is 9.38. The first-order valence-electron chi connectivity index (χ1n) is 5.10. The molecule has 0 radical (unpaired) electrons. The molecule has 0 atom stereocenters. The van der Waals surface area contributed by atoms with Gasteiger partial charge in [0.25, 0.3) is 0 Å². The number of thiophene rings is 1. The Morgan fingerprint density at radius 1 is 1.12 bits per heavy atom. The third-order valence-electron chi connectivity index (χ3n) is 2.53. The van der Waals surface area contributed by atoms with Crippen molar-refractivity contribution in [3.05, 3.63) is 57.8 Å². The number of fused-ring (bicyclic) bond motifs is 1. The highest BCUT2D eigenvalue weighted by molar-refractivity contribution is 7.08. The predicted molar refractivity (Wildman–Crippen MR) is 67.9 cm³/mol. The van der Waals surface area contributed by atoms with Crippen LogP contribution in [0.3, 0.4) is 0 Å². The fourth-order valence-electron chi connectivity index (χ4n) is 1.71. The summed E-state index contributed by atoms with van der Waals surface area (Å²) in [4.78, 5) is 4.45.